The summed E-state index contributed by atoms with van der Waals surface area (Å²) < 4.78 is 30.8. The van der Waals surface area contributed by atoms with Gasteiger partial charge in [-0.1, -0.05) is 219 Å². The molecule has 7 amide bonds. The van der Waals surface area contributed by atoms with Gasteiger partial charge in [-0.2, -0.15) is 0 Å². The van der Waals surface area contributed by atoms with E-state index in [0.29, 0.717) is 70.4 Å². The molecule has 2 aromatic heterocycles. The zero-order valence-electron chi connectivity index (χ0n) is 82.2. The van der Waals surface area contributed by atoms with Crippen LogP contribution in [0.15, 0.2) is 279 Å². The van der Waals surface area contributed by atoms with Crippen LogP contribution in [0.3, 0.4) is 0 Å². The van der Waals surface area contributed by atoms with Crippen LogP contribution in [0.25, 0.3) is 22.3 Å². The molecule has 5 aliphatic rings. The second kappa shape index (κ2) is 50.6. The van der Waals surface area contributed by atoms with E-state index in [0.717, 1.165) is 239 Å². The van der Waals surface area contributed by atoms with Crippen LogP contribution in [0.2, 0.25) is 0 Å². The first-order chi connectivity index (χ1) is 67.8. The number of anilines is 2. The van der Waals surface area contributed by atoms with Crippen molar-refractivity contribution in [2.45, 2.75) is 140 Å². The van der Waals surface area contributed by atoms with Gasteiger partial charge in [0, 0.05) is 95.2 Å². The maximum Gasteiger partial charge on any atom is 0.411 e. The van der Waals surface area contributed by atoms with Crippen molar-refractivity contribution in [3.63, 3.8) is 0 Å². The monoisotopic (exact) mass is 1900 g/mol. The number of para-hydroxylation sites is 3. The van der Waals surface area contributed by atoms with Gasteiger partial charge in [0.05, 0.1) is 145 Å². The minimum atomic E-state index is -0.425. The van der Waals surface area contributed by atoms with Gasteiger partial charge in [0.15, 0.2) is 0 Å². The SMILES string of the molecule is COc1ccccc1COCCCCCC[N+](C)(C)CC(O)CCN1CCC(OC(=O)Nc2ccccc2-c2ccccc2)CC1.C[N+](C)(CCCN1C(=O)c2ccccc2C1=O)Cc1cccc(CN2CCC(OC(=O)Nc3ccccc3-c3ccccc3)CC2)n1.C[N+](C)(CCN1C(=O)c2ccccc2C1=O)Cc1cccc(CN2CCC(OC(=O)NC(c3ccccc3)c3ccccc3)CC2)n1. The molecule has 4 N–H and O–H groups in total. The number of unbranched alkanes of at least 4 members (excludes halogenated alkanes) is 3. The summed E-state index contributed by atoms with van der Waals surface area (Å²) >= 11 is 0. The molecule has 11 aromatic rings. The molecule has 1 unspecified atom stereocenters. The lowest BCUT2D eigenvalue weighted by molar-refractivity contribution is -0.904. The first-order valence-electron chi connectivity index (χ1n) is 49.5. The molecule has 16 rings (SSSR count). The van der Waals surface area contributed by atoms with Crippen molar-refractivity contribution in [3.8, 4) is 28.0 Å². The summed E-state index contributed by atoms with van der Waals surface area (Å²) in [6.45, 7) is 14.1. The Bertz CT molecular complexity index is 5760. The number of ether oxygens (including phenoxy) is 5. The number of aliphatic hydroxyl groups is 1. The van der Waals surface area contributed by atoms with Crippen LogP contribution < -0.4 is 20.7 Å². The van der Waals surface area contributed by atoms with E-state index in [2.05, 4.69) is 91.1 Å². The number of nitrogens with one attached hydrogen (secondary N) is 3. The van der Waals surface area contributed by atoms with Gasteiger partial charge in [-0.25, -0.2) is 14.4 Å². The van der Waals surface area contributed by atoms with Crippen LogP contribution in [0.4, 0.5) is 25.8 Å². The molecule has 140 heavy (non-hydrogen) atoms. The zero-order chi connectivity index (χ0) is 98.2. The molecule has 26 nitrogen and oxygen atoms in total. The average molecular weight is 1900 g/mol. The van der Waals surface area contributed by atoms with Crippen LogP contribution in [-0.4, -0.2) is 260 Å². The standard InChI is InChI=1S/2C38H41N5O4.C38H53N3O5/c1-43(2,25-24-42-36(44)33-18-9-10-19-34(33)37(42)45)27-31-17-11-16-30(39-31)26-41-22-20-32(21-23-41)47-38(46)40-35(28-12-5-3-6-13-28)29-14-7-4-8-15-29;1-43(2,25-11-22-42-36(44)33-17-6-7-18-34(33)37(42)45)27-30-15-10-14-29(39-30)26-41-23-20-31(21-24-41)47-38(46)40-35-19-9-8-16-32(35)28-12-4-3-5-13-28;1-41(2,27-13-4-5-14-28-45-30-32-17-9-12-20-37(32)44-3)29-33(42)21-24-40-25-22-34(23-26-40)46-38(43)39-36-19-11-10-18-35(36)31-15-7-6-8-16-31/h3-19,32,35H,20-27H2,1-2H3;3-10,12-19,31H,11,20-27H2,1-2H3;6-12,15-20,33-34,42H,4-5,13-14,21-30H2,1-3H3/p+3. The number of carbonyl (C=O) groups is 7. The number of quaternary nitrogens is 3. The van der Waals surface area contributed by atoms with E-state index in [1.54, 1.807) is 55.6 Å². The molecule has 3 fully saturated rings. The number of piperidine rings is 3. The number of likely N-dealkylation sites (N-methyl/N-ethyl adjacent to an activating group) is 2. The Morgan fingerprint density at radius 1 is 0.386 bits per heavy atom. The van der Waals surface area contributed by atoms with Gasteiger partial charge < -0.3 is 52.5 Å². The van der Waals surface area contributed by atoms with Crippen molar-refractivity contribution in [1.82, 2.24) is 39.8 Å². The Hall–Kier alpha value is -13.2. The fourth-order valence-corrected chi connectivity index (χ4v) is 19.1. The average Bonchev–Trinajstić information content (AvgIpc) is 1.64. The van der Waals surface area contributed by atoms with Gasteiger partial charge in [-0.3, -0.25) is 59.4 Å². The third kappa shape index (κ3) is 30.4. The number of carbonyl (C=O) groups excluding carboxylic acids is 7. The fourth-order valence-electron chi connectivity index (χ4n) is 19.1. The largest absolute Gasteiger partial charge is 0.496 e. The number of pyridine rings is 2. The molecule has 1 atom stereocenters. The van der Waals surface area contributed by atoms with Gasteiger partial charge in [0.2, 0.25) is 0 Å². The second-order valence-corrected chi connectivity index (χ2v) is 39.1. The Kier molecular flexibility index (Phi) is 37.1. The number of benzene rings is 9. The first-order valence-corrected chi connectivity index (χ1v) is 49.5. The van der Waals surface area contributed by atoms with Gasteiger partial charge >= 0.3 is 18.3 Å². The Balaban J connectivity index is 0.000000167. The minimum absolute atomic E-state index is 0.0976. The van der Waals surface area contributed by atoms with Gasteiger partial charge in [0.25, 0.3) is 23.6 Å². The molecule has 5 aliphatic heterocycles. The molecular formula is C114H138N13O13+3. The Labute approximate surface area is 825 Å². The van der Waals surface area contributed by atoms with Crippen molar-refractivity contribution in [3.05, 3.63) is 341 Å². The Morgan fingerprint density at radius 3 is 1.23 bits per heavy atom. The van der Waals surface area contributed by atoms with E-state index in [1.165, 1.54) is 16.2 Å². The lowest BCUT2D eigenvalue weighted by atomic mass is 9.99. The maximum absolute atomic E-state index is 13.0. The van der Waals surface area contributed by atoms with E-state index in [-0.39, 0.29) is 54.1 Å². The van der Waals surface area contributed by atoms with Gasteiger partial charge in [-0.05, 0) is 153 Å². The minimum Gasteiger partial charge on any atom is -0.496 e. The van der Waals surface area contributed by atoms with Crippen molar-refractivity contribution in [2.75, 3.05) is 152 Å². The molecule has 26 heteroatoms. The van der Waals surface area contributed by atoms with Crippen molar-refractivity contribution in [1.29, 1.82) is 0 Å². The van der Waals surface area contributed by atoms with Crippen LogP contribution in [0.5, 0.6) is 5.75 Å². The molecule has 0 radical (unpaired) electrons. The number of aromatic nitrogens is 2. The number of hydrogen-bond acceptors (Lipinski definition) is 18. The predicted molar refractivity (Wildman–Crippen MR) is 546 cm³/mol. The van der Waals surface area contributed by atoms with Gasteiger partial charge in [-0.15, -0.1) is 0 Å². The molecule has 0 saturated carbocycles. The highest BCUT2D eigenvalue weighted by Gasteiger charge is 2.39. The fraction of sp³-hybridized carbons (Fsp3) is 0.377. The predicted octanol–water partition coefficient (Wildman–Crippen LogP) is 18.6. The summed E-state index contributed by atoms with van der Waals surface area (Å²) in [5, 5.41) is 19.8. The van der Waals surface area contributed by atoms with E-state index < -0.39 is 18.3 Å². The molecule has 0 bridgehead atoms. The summed E-state index contributed by atoms with van der Waals surface area (Å²) in [7, 11) is 14.6. The number of hydrogen-bond donors (Lipinski definition) is 4. The normalized spacial score (nSPS) is 15.3. The number of methoxy groups -OCH3 is 1. The highest BCUT2D eigenvalue weighted by Crippen LogP contribution is 2.34. The third-order valence-electron chi connectivity index (χ3n) is 26.7. The molecule has 734 valence electrons. The number of alkyl carbamates (subject to hydrolysis) is 1. The number of likely N-dealkylation sites (tertiary alicyclic amines) is 3. The molecule has 7 heterocycles. The molecule has 3 saturated heterocycles. The van der Waals surface area contributed by atoms with Crippen LogP contribution in [0.1, 0.15) is 164 Å². The van der Waals surface area contributed by atoms with E-state index in [9.17, 15) is 38.7 Å². The van der Waals surface area contributed by atoms with E-state index in [4.69, 9.17) is 33.7 Å². The number of aliphatic hydroxyl groups excluding tert-OH is 1. The summed E-state index contributed by atoms with van der Waals surface area (Å²) in [6.07, 6.45) is 8.72. The van der Waals surface area contributed by atoms with Crippen molar-refractivity contribution in [2.24, 2.45) is 0 Å². The lowest BCUT2D eigenvalue weighted by Gasteiger charge is -2.34. The Morgan fingerprint density at radius 2 is 0.764 bits per heavy atom. The summed E-state index contributed by atoms with van der Waals surface area (Å²) in [4.78, 5) is 109. The maximum atomic E-state index is 13.0. The molecule has 0 spiro atoms. The van der Waals surface area contributed by atoms with E-state index in [1.807, 2.05) is 212 Å². The molecule has 9 aromatic carbocycles. The summed E-state index contributed by atoms with van der Waals surface area (Å²) in [5.41, 5.74) is 14.5. The number of imide groups is 2. The number of amides is 7. The van der Waals surface area contributed by atoms with Crippen LogP contribution in [0, 0.1) is 0 Å². The topological polar surface area (TPSA) is 264 Å². The summed E-state index contributed by atoms with van der Waals surface area (Å²) in [5.74, 6) is 0.0400. The van der Waals surface area contributed by atoms with Gasteiger partial charge in [0.1, 0.15) is 49.8 Å². The number of rotatable bonds is 40. The highest BCUT2D eigenvalue weighted by molar-refractivity contribution is 6.22. The molecular weight excluding hydrogens is 1760 g/mol. The number of nitrogens with zero attached hydrogens (tertiary/aromatic N) is 10. The third-order valence-corrected chi connectivity index (χ3v) is 26.7. The van der Waals surface area contributed by atoms with Crippen LogP contribution in [-0.2, 0) is 51.7 Å². The summed E-state index contributed by atoms with van der Waals surface area (Å²) in [6, 6.07) is 89.5. The second-order valence-electron chi connectivity index (χ2n) is 39.1. The van der Waals surface area contributed by atoms with Crippen molar-refractivity contribution >= 4 is 53.3 Å². The van der Waals surface area contributed by atoms with Crippen molar-refractivity contribution < 1.29 is 75.8 Å². The van der Waals surface area contributed by atoms with E-state index >= 15 is 0 Å². The zero-order valence-corrected chi connectivity index (χ0v) is 82.2. The smallest absolute Gasteiger partial charge is 0.411 e. The first kappa shape index (κ1) is 103. The molecule has 0 aliphatic carbocycles. The highest BCUT2D eigenvalue weighted by atomic mass is 16.6. The van der Waals surface area contributed by atoms with Crippen LogP contribution >= 0.6 is 0 Å². The quantitative estimate of drug-likeness (QED) is 0.0120. The lowest BCUT2D eigenvalue weighted by Crippen LogP contribution is -2.47. The number of fused-ring (bicyclic) bond motifs is 2.